The number of carbonyl (C=O) groups is 1. The summed E-state index contributed by atoms with van der Waals surface area (Å²) in [7, 11) is 1.56. The van der Waals surface area contributed by atoms with Crippen LogP contribution < -0.4 is 9.47 Å². The van der Waals surface area contributed by atoms with Gasteiger partial charge in [-0.05, 0) is 24.1 Å². The number of allylic oxidation sites excluding steroid dienone is 1. The van der Waals surface area contributed by atoms with Gasteiger partial charge in [0.2, 0.25) is 0 Å². The second-order valence-corrected chi connectivity index (χ2v) is 4.05. The predicted octanol–water partition coefficient (Wildman–Crippen LogP) is 2.99. The first-order valence-electron chi connectivity index (χ1n) is 5.58. The molecular formula is C14H18O3. The molecule has 0 unspecified atom stereocenters. The van der Waals surface area contributed by atoms with Crippen molar-refractivity contribution in [3.8, 4) is 11.5 Å². The molecule has 0 spiro atoms. The molecule has 0 aliphatic rings. The first-order chi connectivity index (χ1) is 8.08. The summed E-state index contributed by atoms with van der Waals surface area (Å²) in [5.74, 6) is 0.602. The number of hydrogen-bond acceptors (Lipinski definition) is 3. The first-order valence-corrected chi connectivity index (χ1v) is 5.58. The zero-order valence-electron chi connectivity index (χ0n) is 10.5. The molecule has 3 heteroatoms. The Morgan fingerprint density at radius 1 is 1.41 bits per heavy atom. The zero-order chi connectivity index (χ0) is 12.8. The second kappa shape index (κ2) is 6.09. The molecule has 0 aromatic heterocycles. The zero-order valence-corrected chi connectivity index (χ0v) is 10.5. The molecule has 1 aromatic rings. The van der Waals surface area contributed by atoms with Gasteiger partial charge < -0.3 is 9.47 Å². The van der Waals surface area contributed by atoms with E-state index in [1.807, 2.05) is 18.2 Å². The molecule has 3 nitrogen and oxygen atoms in total. The highest BCUT2D eigenvalue weighted by atomic mass is 16.6. The van der Waals surface area contributed by atoms with E-state index in [4.69, 9.17) is 9.47 Å². The molecule has 1 rings (SSSR count). The van der Waals surface area contributed by atoms with Crippen molar-refractivity contribution < 1.29 is 14.3 Å². The number of benzene rings is 1. The summed E-state index contributed by atoms with van der Waals surface area (Å²) in [5, 5.41) is 0. The largest absolute Gasteiger partial charge is 0.493 e. The molecule has 0 bridgehead atoms. The molecule has 0 N–H and O–H groups in total. The third-order valence-corrected chi connectivity index (χ3v) is 2.29. The van der Waals surface area contributed by atoms with E-state index in [1.165, 1.54) is 0 Å². The van der Waals surface area contributed by atoms with E-state index < -0.39 is 0 Å². The maximum absolute atomic E-state index is 11.5. The normalized spacial score (nSPS) is 10.1. The number of ether oxygens (including phenoxy) is 2. The van der Waals surface area contributed by atoms with Crippen LogP contribution in [0.2, 0.25) is 0 Å². The third kappa shape index (κ3) is 3.63. The van der Waals surface area contributed by atoms with Gasteiger partial charge in [-0.3, -0.25) is 4.79 Å². The molecule has 92 valence electrons. The van der Waals surface area contributed by atoms with Crippen LogP contribution in [-0.4, -0.2) is 13.1 Å². The minimum absolute atomic E-state index is 0.160. The molecule has 0 radical (unpaired) electrons. The summed E-state index contributed by atoms with van der Waals surface area (Å²) >= 11 is 0. The van der Waals surface area contributed by atoms with Crippen molar-refractivity contribution in [1.82, 2.24) is 0 Å². The molecule has 0 aliphatic heterocycles. The predicted molar refractivity (Wildman–Crippen MR) is 67.4 cm³/mol. The highest BCUT2D eigenvalue weighted by Crippen LogP contribution is 2.29. The summed E-state index contributed by atoms with van der Waals surface area (Å²) in [6.07, 6.45) is 2.57. The lowest BCUT2D eigenvalue weighted by molar-refractivity contribution is -0.137. The summed E-state index contributed by atoms with van der Waals surface area (Å²) in [6, 6.07) is 5.50. The molecule has 0 amide bonds. The van der Waals surface area contributed by atoms with Crippen molar-refractivity contribution in [2.75, 3.05) is 7.11 Å². The first kappa shape index (κ1) is 13.3. The fourth-order valence-electron chi connectivity index (χ4n) is 1.32. The van der Waals surface area contributed by atoms with Crippen molar-refractivity contribution >= 4 is 5.97 Å². The van der Waals surface area contributed by atoms with Gasteiger partial charge in [0, 0.05) is 0 Å². The van der Waals surface area contributed by atoms with E-state index >= 15 is 0 Å². The van der Waals surface area contributed by atoms with Gasteiger partial charge >= 0.3 is 5.97 Å². The van der Waals surface area contributed by atoms with E-state index in [2.05, 4.69) is 6.58 Å². The van der Waals surface area contributed by atoms with Gasteiger partial charge in [0.05, 0.1) is 13.0 Å². The Kier molecular flexibility index (Phi) is 4.76. The molecule has 0 atom stereocenters. The minimum atomic E-state index is -0.264. The maximum Gasteiger partial charge on any atom is 0.313 e. The van der Waals surface area contributed by atoms with E-state index in [0.29, 0.717) is 11.5 Å². The van der Waals surface area contributed by atoms with Crippen LogP contribution in [0.1, 0.15) is 19.4 Å². The second-order valence-electron chi connectivity index (χ2n) is 4.05. The SMILES string of the molecule is C=CCc1ccc(OC(=O)C(C)C)c(OC)c1. The summed E-state index contributed by atoms with van der Waals surface area (Å²) < 4.78 is 10.4. The average Bonchev–Trinajstić information content (AvgIpc) is 2.31. The number of esters is 1. The van der Waals surface area contributed by atoms with Gasteiger partial charge in [0.15, 0.2) is 11.5 Å². The van der Waals surface area contributed by atoms with E-state index in [0.717, 1.165) is 12.0 Å². The van der Waals surface area contributed by atoms with Crippen LogP contribution in [-0.2, 0) is 11.2 Å². The van der Waals surface area contributed by atoms with Crippen LogP contribution in [0.3, 0.4) is 0 Å². The number of methoxy groups -OCH3 is 1. The topological polar surface area (TPSA) is 35.5 Å². The number of rotatable bonds is 5. The molecular weight excluding hydrogens is 216 g/mol. The standard InChI is InChI=1S/C14H18O3/c1-5-6-11-7-8-12(13(9-11)16-4)17-14(15)10(2)3/h5,7-10H,1,6H2,2-4H3. The van der Waals surface area contributed by atoms with Crippen molar-refractivity contribution in [2.24, 2.45) is 5.92 Å². The van der Waals surface area contributed by atoms with Gasteiger partial charge in [-0.2, -0.15) is 0 Å². The van der Waals surface area contributed by atoms with Crippen LogP contribution in [0, 0.1) is 5.92 Å². The fourth-order valence-corrected chi connectivity index (χ4v) is 1.32. The van der Waals surface area contributed by atoms with E-state index in [1.54, 1.807) is 27.0 Å². The third-order valence-electron chi connectivity index (χ3n) is 2.29. The van der Waals surface area contributed by atoms with Gasteiger partial charge in [-0.25, -0.2) is 0 Å². The van der Waals surface area contributed by atoms with Crippen molar-refractivity contribution in [3.05, 3.63) is 36.4 Å². The lowest BCUT2D eigenvalue weighted by Crippen LogP contribution is -2.15. The molecule has 1 aromatic carbocycles. The van der Waals surface area contributed by atoms with Gasteiger partial charge in [0.25, 0.3) is 0 Å². The molecule has 0 fully saturated rings. The Labute approximate surface area is 102 Å². The lowest BCUT2D eigenvalue weighted by Gasteiger charge is -2.11. The summed E-state index contributed by atoms with van der Waals surface area (Å²) in [6.45, 7) is 7.26. The molecule has 0 aliphatic carbocycles. The molecule has 0 saturated carbocycles. The molecule has 0 saturated heterocycles. The van der Waals surface area contributed by atoms with Crippen LogP contribution in [0.4, 0.5) is 0 Å². The Balaban J connectivity index is 2.92. The number of carbonyl (C=O) groups excluding carboxylic acids is 1. The van der Waals surface area contributed by atoms with Crippen LogP contribution >= 0.6 is 0 Å². The number of hydrogen-bond donors (Lipinski definition) is 0. The van der Waals surface area contributed by atoms with Crippen molar-refractivity contribution in [3.63, 3.8) is 0 Å². The van der Waals surface area contributed by atoms with Gasteiger partial charge in [-0.15, -0.1) is 6.58 Å². The summed E-state index contributed by atoms with van der Waals surface area (Å²) in [5.41, 5.74) is 1.07. The molecule has 17 heavy (non-hydrogen) atoms. The Morgan fingerprint density at radius 3 is 2.65 bits per heavy atom. The summed E-state index contributed by atoms with van der Waals surface area (Å²) in [4.78, 5) is 11.5. The van der Waals surface area contributed by atoms with Crippen LogP contribution in [0.5, 0.6) is 11.5 Å². The highest BCUT2D eigenvalue weighted by molar-refractivity contribution is 5.75. The maximum atomic E-state index is 11.5. The fraction of sp³-hybridized carbons (Fsp3) is 0.357. The Hall–Kier alpha value is -1.77. The molecule has 0 heterocycles. The smallest absolute Gasteiger partial charge is 0.313 e. The van der Waals surface area contributed by atoms with Crippen molar-refractivity contribution in [1.29, 1.82) is 0 Å². The van der Waals surface area contributed by atoms with Gasteiger partial charge in [0.1, 0.15) is 0 Å². The van der Waals surface area contributed by atoms with Crippen molar-refractivity contribution in [2.45, 2.75) is 20.3 Å². The Bertz CT molecular complexity index is 408. The lowest BCUT2D eigenvalue weighted by atomic mass is 10.1. The Morgan fingerprint density at radius 2 is 2.12 bits per heavy atom. The minimum Gasteiger partial charge on any atom is -0.493 e. The van der Waals surface area contributed by atoms with Crippen LogP contribution in [0.15, 0.2) is 30.9 Å². The van der Waals surface area contributed by atoms with Gasteiger partial charge in [-0.1, -0.05) is 26.0 Å². The highest BCUT2D eigenvalue weighted by Gasteiger charge is 2.13. The average molecular weight is 234 g/mol. The van der Waals surface area contributed by atoms with Crippen LogP contribution in [0.25, 0.3) is 0 Å². The monoisotopic (exact) mass is 234 g/mol. The van der Waals surface area contributed by atoms with E-state index in [-0.39, 0.29) is 11.9 Å². The van der Waals surface area contributed by atoms with E-state index in [9.17, 15) is 4.79 Å². The quantitative estimate of drug-likeness (QED) is 0.446.